The van der Waals surface area contributed by atoms with E-state index < -0.39 is 0 Å². The van der Waals surface area contributed by atoms with E-state index >= 15 is 0 Å². The minimum atomic E-state index is -0.145. The number of amides is 1. The summed E-state index contributed by atoms with van der Waals surface area (Å²) in [4.78, 5) is 17.0. The van der Waals surface area contributed by atoms with Crippen molar-refractivity contribution in [2.24, 2.45) is 0 Å². The Morgan fingerprint density at radius 2 is 1.51 bits per heavy atom. The van der Waals surface area contributed by atoms with Crippen LogP contribution in [0, 0.1) is 0 Å². The number of nitrogens with one attached hydrogen (secondary N) is 1. The molecule has 0 bridgehead atoms. The third-order valence-electron chi connectivity index (χ3n) is 5.57. The summed E-state index contributed by atoms with van der Waals surface area (Å²) < 4.78 is 7.61. The number of aromatic nitrogens is 3. The van der Waals surface area contributed by atoms with Crippen LogP contribution in [0.5, 0.6) is 5.75 Å². The molecule has 0 atom stereocenters. The molecule has 0 saturated carbocycles. The van der Waals surface area contributed by atoms with Crippen LogP contribution in [0.1, 0.15) is 21.5 Å². The Hall–Kier alpha value is -4.71. The molecule has 172 valence electrons. The second-order valence-electron chi connectivity index (χ2n) is 8.00. The van der Waals surface area contributed by atoms with E-state index in [0.717, 1.165) is 33.8 Å². The third-order valence-corrected chi connectivity index (χ3v) is 5.57. The average Bonchev–Trinajstić information content (AvgIpc) is 3.37. The molecule has 2 aromatic heterocycles. The summed E-state index contributed by atoms with van der Waals surface area (Å²) in [6, 6.07) is 30.8. The summed E-state index contributed by atoms with van der Waals surface area (Å²) in [7, 11) is 0. The van der Waals surface area contributed by atoms with Gasteiger partial charge in [0.1, 0.15) is 12.4 Å². The fraction of sp³-hybridized carbons (Fsp3) is 0.0690. The van der Waals surface area contributed by atoms with Gasteiger partial charge in [-0.3, -0.25) is 9.78 Å². The first-order valence-corrected chi connectivity index (χ1v) is 11.4. The summed E-state index contributed by atoms with van der Waals surface area (Å²) in [5.41, 5.74) is 5.21. The highest BCUT2D eigenvalue weighted by molar-refractivity contribution is 5.94. The predicted molar refractivity (Wildman–Crippen MR) is 135 cm³/mol. The standard InChI is InChI=1S/C29H24N4O2/c34-29(24-13-11-22(12-14-24)21-35-27-9-5-2-6-10-27)31-19-25-20-33(26-7-3-1-4-8-26)32-28(25)23-15-17-30-18-16-23/h1-18,20H,19,21H2,(H,31,34). The first-order valence-electron chi connectivity index (χ1n) is 11.4. The molecule has 5 aromatic rings. The van der Waals surface area contributed by atoms with Gasteiger partial charge in [-0.2, -0.15) is 5.10 Å². The second-order valence-corrected chi connectivity index (χ2v) is 8.00. The Labute approximate surface area is 203 Å². The molecule has 5 rings (SSSR count). The number of nitrogens with zero attached hydrogens (tertiary/aromatic N) is 3. The quantitative estimate of drug-likeness (QED) is 0.335. The number of ether oxygens (including phenoxy) is 1. The van der Waals surface area contributed by atoms with Gasteiger partial charge in [-0.15, -0.1) is 0 Å². The Morgan fingerprint density at radius 1 is 0.829 bits per heavy atom. The molecular weight excluding hydrogens is 436 g/mol. The molecule has 3 aromatic carbocycles. The zero-order valence-corrected chi connectivity index (χ0v) is 19.0. The molecule has 0 unspecified atom stereocenters. The van der Waals surface area contributed by atoms with Crippen molar-refractivity contribution in [1.82, 2.24) is 20.1 Å². The fourth-order valence-corrected chi connectivity index (χ4v) is 3.72. The van der Waals surface area contributed by atoms with Gasteiger partial charge in [0.15, 0.2) is 0 Å². The highest BCUT2D eigenvalue weighted by Gasteiger charge is 2.14. The normalized spacial score (nSPS) is 10.6. The van der Waals surface area contributed by atoms with Gasteiger partial charge in [0.2, 0.25) is 0 Å². The first kappa shape index (κ1) is 22.1. The summed E-state index contributed by atoms with van der Waals surface area (Å²) in [5.74, 6) is 0.670. The van der Waals surface area contributed by atoms with Gasteiger partial charge in [0, 0.05) is 41.8 Å². The van der Waals surface area contributed by atoms with Crippen LogP contribution < -0.4 is 10.1 Å². The monoisotopic (exact) mass is 460 g/mol. The van der Waals surface area contributed by atoms with Gasteiger partial charge in [-0.25, -0.2) is 4.68 Å². The van der Waals surface area contributed by atoms with Crippen LogP contribution in [-0.4, -0.2) is 20.7 Å². The molecule has 2 heterocycles. The van der Waals surface area contributed by atoms with Gasteiger partial charge < -0.3 is 10.1 Å². The van der Waals surface area contributed by atoms with Crippen molar-refractivity contribution in [3.8, 4) is 22.7 Å². The molecule has 0 spiro atoms. The van der Waals surface area contributed by atoms with E-state index in [1.165, 1.54) is 0 Å². The van der Waals surface area contributed by atoms with E-state index in [-0.39, 0.29) is 5.91 Å². The van der Waals surface area contributed by atoms with E-state index in [9.17, 15) is 4.79 Å². The smallest absolute Gasteiger partial charge is 0.251 e. The minimum Gasteiger partial charge on any atom is -0.489 e. The lowest BCUT2D eigenvalue weighted by atomic mass is 10.1. The summed E-state index contributed by atoms with van der Waals surface area (Å²) in [6.07, 6.45) is 5.43. The molecule has 0 fully saturated rings. The van der Waals surface area contributed by atoms with Crippen LogP contribution in [0.25, 0.3) is 16.9 Å². The topological polar surface area (TPSA) is 69.0 Å². The van der Waals surface area contributed by atoms with Crippen molar-refractivity contribution in [2.75, 3.05) is 0 Å². The number of hydrogen-bond acceptors (Lipinski definition) is 4. The Morgan fingerprint density at radius 3 is 2.23 bits per heavy atom. The summed E-state index contributed by atoms with van der Waals surface area (Å²) >= 11 is 0. The van der Waals surface area contributed by atoms with Crippen molar-refractivity contribution >= 4 is 5.91 Å². The molecule has 0 aliphatic heterocycles. The predicted octanol–water partition coefficient (Wildman–Crippen LogP) is 5.44. The van der Waals surface area contributed by atoms with Crippen LogP contribution in [0.2, 0.25) is 0 Å². The zero-order chi connectivity index (χ0) is 23.9. The molecule has 0 aliphatic rings. The SMILES string of the molecule is O=C(NCc1cn(-c2ccccc2)nc1-c1ccncc1)c1ccc(COc2ccccc2)cc1. The number of carbonyl (C=O) groups is 1. The van der Waals surface area contributed by atoms with Crippen LogP contribution in [0.3, 0.4) is 0 Å². The average molecular weight is 461 g/mol. The molecule has 1 N–H and O–H groups in total. The van der Waals surface area contributed by atoms with Crippen molar-refractivity contribution in [3.05, 3.63) is 132 Å². The van der Waals surface area contributed by atoms with Crippen molar-refractivity contribution in [2.45, 2.75) is 13.2 Å². The highest BCUT2D eigenvalue weighted by atomic mass is 16.5. The van der Waals surface area contributed by atoms with E-state index in [1.54, 1.807) is 12.4 Å². The van der Waals surface area contributed by atoms with Crippen LogP contribution in [0.4, 0.5) is 0 Å². The molecular formula is C29H24N4O2. The lowest BCUT2D eigenvalue weighted by molar-refractivity contribution is 0.0951. The van der Waals surface area contributed by atoms with Crippen LogP contribution in [0.15, 0.2) is 116 Å². The van der Waals surface area contributed by atoms with Gasteiger partial charge in [-0.1, -0.05) is 48.5 Å². The van der Waals surface area contributed by atoms with Gasteiger partial charge in [0.05, 0.1) is 11.4 Å². The summed E-state index contributed by atoms with van der Waals surface area (Å²) in [6.45, 7) is 0.794. The second kappa shape index (κ2) is 10.5. The first-order chi connectivity index (χ1) is 17.3. The number of carbonyl (C=O) groups excluding carboxylic acids is 1. The largest absolute Gasteiger partial charge is 0.489 e. The number of para-hydroxylation sites is 2. The fourth-order valence-electron chi connectivity index (χ4n) is 3.72. The summed E-state index contributed by atoms with van der Waals surface area (Å²) in [5, 5.41) is 7.81. The molecule has 0 aliphatic carbocycles. The number of hydrogen-bond donors (Lipinski definition) is 1. The van der Waals surface area contributed by atoms with E-state index in [0.29, 0.717) is 18.7 Å². The van der Waals surface area contributed by atoms with E-state index in [2.05, 4.69) is 10.3 Å². The van der Waals surface area contributed by atoms with Gasteiger partial charge in [0.25, 0.3) is 5.91 Å². The van der Waals surface area contributed by atoms with E-state index in [4.69, 9.17) is 9.84 Å². The highest BCUT2D eigenvalue weighted by Crippen LogP contribution is 2.23. The molecule has 35 heavy (non-hydrogen) atoms. The Kier molecular flexibility index (Phi) is 6.62. The maximum absolute atomic E-state index is 12.9. The molecule has 0 saturated heterocycles. The molecule has 6 nitrogen and oxygen atoms in total. The Balaban J connectivity index is 1.28. The lowest BCUT2D eigenvalue weighted by Crippen LogP contribution is -2.22. The Bertz CT molecular complexity index is 1380. The van der Waals surface area contributed by atoms with Gasteiger partial charge in [-0.05, 0) is 54.1 Å². The number of benzene rings is 3. The van der Waals surface area contributed by atoms with Crippen LogP contribution in [-0.2, 0) is 13.2 Å². The van der Waals surface area contributed by atoms with Gasteiger partial charge >= 0.3 is 0 Å². The molecule has 0 radical (unpaired) electrons. The molecule has 1 amide bonds. The maximum atomic E-state index is 12.9. The molecule has 6 heteroatoms. The minimum absolute atomic E-state index is 0.145. The third kappa shape index (κ3) is 5.45. The van der Waals surface area contributed by atoms with Crippen molar-refractivity contribution < 1.29 is 9.53 Å². The van der Waals surface area contributed by atoms with Crippen LogP contribution >= 0.6 is 0 Å². The van der Waals surface area contributed by atoms with E-state index in [1.807, 2.05) is 108 Å². The number of rotatable bonds is 8. The lowest BCUT2D eigenvalue weighted by Gasteiger charge is -2.08. The maximum Gasteiger partial charge on any atom is 0.251 e. The zero-order valence-electron chi connectivity index (χ0n) is 19.0. The number of pyridine rings is 1. The van der Waals surface area contributed by atoms with Crippen molar-refractivity contribution in [3.63, 3.8) is 0 Å². The van der Waals surface area contributed by atoms with Crippen molar-refractivity contribution in [1.29, 1.82) is 0 Å².